The van der Waals surface area contributed by atoms with Gasteiger partial charge in [-0.1, -0.05) is 29.3 Å². The molecule has 3 aliphatic rings. The molecule has 9 nitrogen and oxygen atoms in total. The molecule has 0 heterocycles. The third-order valence-corrected chi connectivity index (χ3v) is 8.49. The fraction of sp³-hybridized carbons (Fsp3) is 0.296. The second-order valence-electron chi connectivity index (χ2n) is 10.1. The van der Waals surface area contributed by atoms with Crippen LogP contribution in [0.1, 0.15) is 28.8 Å². The van der Waals surface area contributed by atoms with Crippen molar-refractivity contribution in [2.24, 2.45) is 17.6 Å². The minimum absolute atomic E-state index is 0.0606. The Balaban J connectivity index is 1.73. The number of primary amides is 1. The van der Waals surface area contributed by atoms with Gasteiger partial charge in [-0.25, -0.2) is 0 Å². The van der Waals surface area contributed by atoms with Gasteiger partial charge in [0.25, 0.3) is 5.91 Å². The van der Waals surface area contributed by atoms with Crippen molar-refractivity contribution in [3.63, 3.8) is 0 Å². The van der Waals surface area contributed by atoms with Gasteiger partial charge in [-0.3, -0.25) is 14.4 Å². The third-order valence-electron chi connectivity index (χ3n) is 7.75. The van der Waals surface area contributed by atoms with Crippen molar-refractivity contribution in [3.8, 4) is 16.9 Å². The summed E-state index contributed by atoms with van der Waals surface area (Å²) >= 11 is 12.2. The number of carbonyl (C=O) groups excluding carboxylic acids is 3. The number of rotatable bonds is 3. The number of benzene rings is 2. The maximum atomic E-state index is 13.9. The molecule has 0 radical (unpaired) electrons. The number of carbonyl (C=O) groups is 3. The minimum Gasteiger partial charge on any atom is -0.511 e. The Bertz CT molecular complexity index is 1530. The van der Waals surface area contributed by atoms with Crippen LogP contribution in [-0.4, -0.2) is 57.6 Å². The first-order chi connectivity index (χ1) is 17.8. The fourth-order valence-electron chi connectivity index (χ4n) is 5.95. The van der Waals surface area contributed by atoms with Crippen LogP contribution >= 0.6 is 23.2 Å². The highest BCUT2D eigenvalue weighted by Crippen LogP contribution is 2.53. The van der Waals surface area contributed by atoms with E-state index in [-0.39, 0.29) is 41.2 Å². The molecule has 0 saturated heterocycles. The van der Waals surface area contributed by atoms with E-state index in [1.807, 2.05) is 0 Å². The Morgan fingerprint density at radius 2 is 1.76 bits per heavy atom. The van der Waals surface area contributed by atoms with Crippen LogP contribution < -0.4 is 10.6 Å². The summed E-state index contributed by atoms with van der Waals surface area (Å²) in [5.74, 6) is -6.69. The van der Waals surface area contributed by atoms with Crippen LogP contribution in [0.4, 0.5) is 5.69 Å². The summed E-state index contributed by atoms with van der Waals surface area (Å²) in [5.41, 5.74) is 3.49. The van der Waals surface area contributed by atoms with Crippen LogP contribution in [-0.2, 0) is 16.0 Å². The number of fused-ring (bicyclic) bond motifs is 3. The lowest BCUT2D eigenvalue weighted by Gasteiger charge is -2.46. The summed E-state index contributed by atoms with van der Waals surface area (Å²) in [4.78, 5) is 40.7. The van der Waals surface area contributed by atoms with Gasteiger partial charge in [0, 0.05) is 43.3 Å². The number of allylic oxidation sites excluding steroid dienone is 2. The van der Waals surface area contributed by atoms with Crippen LogP contribution in [0.25, 0.3) is 11.1 Å². The Morgan fingerprint density at radius 1 is 1.08 bits per heavy atom. The Kier molecular flexibility index (Phi) is 6.01. The maximum absolute atomic E-state index is 13.9. The smallest absolute Gasteiger partial charge is 0.255 e. The lowest BCUT2D eigenvalue weighted by Crippen LogP contribution is -2.57. The average molecular weight is 559 g/mol. The van der Waals surface area contributed by atoms with Gasteiger partial charge < -0.3 is 31.1 Å². The predicted octanol–water partition coefficient (Wildman–Crippen LogP) is 3.62. The number of hydrogen-bond acceptors (Lipinski definition) is 8. The number of aliphatic hydroxyl groups excluding tert-OH is 2. The number of ketones is 2. The van der Waals surface area contributed by atoms with Crippen molar-refractivity contribution in [1.29, 1.82) is 0 Å². The molecule has 0 unspecified atom stereocenters. The van der Waals surface area contributed by atoms with Gasteiger partial charge in [-0.2, -0.15) is 0 Å². The largest absolute Gasteiger partial charge is 0.511 e. The summed E-state index contributed by atoms with van der Waals surface area (Å²) in [6.45, 7) is 0. The molecule has 0 saturated carbocycles. The highest BCUT2D eigenvalue weighted by Gasteiger charge is 2.59. The lowest BCUT2D eigenvalue weighted by atomic mass is 9.60. The predicted molar refractivity (Wildman–Crippen MR) is 141 cm³/mol. The molecule has 198 valence electrons. The van der Waals surface area contributed by atoms with Crippen molar-refractivity contribution in [2.45, 2.75) is 24.9 Å². The van der Waals surface area contributed by atoms with Gasteiger partial charge in [-0.15, -0.1) is 0 Å². The molecule has 6 N–H and O–H groups in total. The Labute approximate surface area is 227 Å². The zero-order valence-electron chi connectivity index (χ0n) is 20.4. The molecule has 3 aliphatic carbocycles. The number of halogens is 2. The van der Waals surface area contributed by atoms with E-state index in [0.717, 1.165) is 0 Å². The van der Waals surface area contributed by atoms with Crippen molar-refractivity contribution < 1.29 is 34.8 Å². The zero-order chi connectivity index (χ0) is 27.8. The molecule has 3 atom stereocenters. The number of aliphatic hydroxyl groups is 3. The molecule has 0 aromatic heterocycles. The van der Waals surface area contributed by atoms with Crippen LogP contribution in [0.15, 0.2) is 46.9 Å². The van der Waals surface area contributed by atoms with Crippen LogP contribution in [0, 0.1) is 11.8 Å². The van der Waals surface area contributed by atoms with E-state index in [1.54, 1.807) is 43.3 Å². The SMILES string of the molecule is CN(C)c1cc(-c2ccc(Cl)c(Cl)c2)c(O)c2c1C[C@H]1C[C@H]3CC(O)=C(C(N)=O)C(=O)[C@@]3(O)C(O)=C1C2=O. The summed E-state index contributed by atoms with van der Waals surface area (Å²) in [7, 11) is 3.57. The summed E-state index contributed by atoms with van der Waals surface area (Å²) in [6, 6.07) is 6.48. The topological polar surface area (TPSA) is 161 Å². The molecular weight excluding hydrogens is 535 g/mol. The minimum atomic E-state index is -2.61. The maximum Gasteiger partial charge on any atom is 0.255 e. The number of amides is 1. The molecule has 0 aliphatic heterocycles. The average Bonchev–Trinajstić information content (AvgIpc) is 2.83. The Morgan fingerprint density at radius 3 is 2.37 bits per heavy atom. The van der Waals surface area contributed by atoms with Gasteiger partial charge in [0.05, 0.1) is 15.6 Å². The van der Waals surface area contributed by atoms with Gasteiger partial charge in [0.1, 0.15) is 22.8 Å². The fourth-order valence-corrected chi connectivity index (χ4v) is 6.25. The number of phenolic OH excluding ortho intramolecular Hbond substituents is 1. The molecule has 5 rings (SSSR count). The number of anilines is 1. The quantitative estimate of drug-likeness (QED) is 0.357. The highest BCUT2D eigenvalue weighted by molar-refractivity contribution is 6.42. The molecule has 2 aromatic carbocycles. The van der Waals surface area contributed by atoms with Crippen molar-refractivity contribution in [1.82, 2.24) is 0 Å². The van der Waals surface area contributed by atoms with Gasteiger partial charge in [0.15, 0.2) is 11.4 Å². The summed E-state index contributed by atoms with van der Waals surface area (Å²) in [5, 5.41) is 44.9. The monoisotopic (exact) mass is 558 g/mol. The number of nitrogens with zero attached hydrogens (tertiary/aromatic N) is 1. The van der Waals surface area contributed by atoms with E-state index in [4.69, 9.17) is 28.9 Å². The second kappa shape index (κ2) is 8.76. The molecule has 1 amide bonds. The number of nitrogens with two attached hydrogens (primary N) is 1. The standard InChI is InChI=1S/C27H24Cl2N2O7/c1-31(2)17-9-13(10-3-4-15(28)16(29)7-10)22(33)20-14(17)6-11-5-12-8-18(32)21(26(30)37)25(36)27(12,38)24(35)19(11)23(20)34/h3-4,7,9,11-12,32-33,35,38H,5-6,8H2,1-2H3,(H2,30,37)/t11-,12+,27+/m1/s1. The third kappa shape index (κ3) is 3.53. The molecule has 0 fully saturated rings. The van der Waals surface area contributed by atoms with Gasteiger partial charge in [0.2, 0.25) is 5.78 Å². The number of phenols is 1. The van der Waals surface area contributed by atoms with Crippen molar-refractivity contribution >= 4 is 46.4 Å². The second-order valence-corrected chi connectivity index (χ2v) is 10.9. The first kappa shape index (κ1) is 26.1. The van der Waals surface area contributed by atoms with E-state index in [0.29, 0.717) is 27.4 Å². The zero-order valence-corrected chi connectivity index (χ0v) is 21.9. The lowest BCUT2D eigenvalue weighted by molar-refractivity contribution is -0.144. The molecule has 38 heavy (non-hydrogen) atoms. The first-order valence-corrected chi connectivity index (χ1v) is 12.5. The molecule has 2 aromatic rings. The van der Waals surface area contributed by atoms with Crippen LogP contribution in [0.5, 0.6) is 5.75 Å². The van der Waals surface area contributed by atoms with Crippen molar-refractivity contribution in [2.75, 3.05) is 19.0 Å². The van der Waals surface area contributed by atoms with E-state index in [1.165, 1.54) is 0 Å². The molecule has 0 spiro atoms. The highest BCUT2D eigenvalue weighted by atomic mass is 35.5. The summed E-state index contributed by atoms with van der Waals surface area (Å²) in [6.07, 6.45) is -0.0142. The Hall–Kier alpha value is -3.53. The van der Waals surface area contributed by atoms with Crippen LogP contribution in [0.3, 0.4) is 0 Å². The van der Waals surface area contributed by atoms with E-state index >= 15 is 0 Å². The summed E-state index contributed by atoms with van der Waals surface area (Å²) < 4.78 is 0. The van der Waals surface area contributed by atoms with Gasteiger partial charge in [-0.05, 0) is 48.1 Å². The number of aromatic hydroxyl groups is 1. The number of hydrogen-bond donors (Lipinski definition) is 5. The van der Waals surface area contributed by atoms with Crippen molar-refractivity contribution in [3.05, 3.63) is 68.1 Å². The number of Topliss-reactive ketones (excluding diaryl/α,β-unsaturated/α-hetero) is 2. The normalized spacial score (nSPS) is 24.7. The van der Waals surface area contributed by atoms with Crippen LogP contribution in [0.2, 0.25) is 10.0 Å². The molecule has 11 heteroatoms. The van der Waals surface area contributed by atoms with E-state index in [9.17, 15) is 34.8 Å². The molecule has 0 bridgehead atoms. The van der Waals surface area contributed by atoms with E-state index in [2.05, 4.69) is 0 Å². The molecular formula is C27H24Cl2N2O7. The first-order valence-electron chi connectivity index (χ1n) is 11.8. The van der Waals surface area contributed by atoms with E-state index < -0.39 is 52.0 Å². The van der Waals surface area contributed by atoms with Gasteiger partial charge >= 0.3 is 0 Å².